The molecule has 0 amide bonds. The maximum Gasteiger partial charge on any atom is 0.331 e. The Balaban J connectivity index is 3.53. The molecule has 0 atom stereocenters. The normalized spacial score (nSPS) is 10.0. The van der Waals surface area contributed by atoms with E-state index in [4.69, 9.17) is 22.4 Å². The Morgan fingerprint density at radius 3 is 2.69 bits per heavy atom. The molecule has 0 radical (unpaired) electrons. The summed E-state index contributed by atoms with van der Waals surface area (Å²) in [4.78, 5) is 9.35. The summed E-state index contributed by atoms with van der Waals surface area (Å²) in [5, 5.41) is 18.8. The van der Waals surface area contributed by atoms with E-state index in [2.05, 4.69) is 0 Å². The number of nitro benzene ring substituents is 1. The van der Waals surface area contributed by atoms with Gasteiger partial charge in [-0.2, -0.15) is 0 Å². The molecule has 0 heterocycles. The van der Waals surface area contributed by atoms with Crippen molar-refractivity contribution in [2.75, 3.05) is 5.73 Å². The van der Waals surface area contributed by atoms with Crippen LogP contribution in [0.3, 0.4) is 0 Å². The van der Waals surface area contributed by atoms with Gasteiger partial charge >= 0.3 is 5.69 Å². The van der Waals surface area contributed by atoms with E-state index in [0.29, 0.717) is 6.07 Å². The number of nitrogens with zero attached hydrogens (tertiary/aromatic N) is 1. The fraction of sp³-hybridized carbons (Fsp3) is 0. The lowest BCUT2D eigenvalue weighted by Crippen LogP contribution is -1.97. The average Bonchev–Trinajstić information content (AvgIpc) is 1.99. The fourth-order valence-corrected chi connectivity index (χ4v) is 1.04. The van der Waals surface area contributed by atoms with Crippen LogP contribution < -0.4 is 5.73 Å². The topological polar surface area (TPSA) is 89.4 Å². The number of phenols is 1. The molecule has 0 aromatic heterocycles. The van der Waals surface area contributed by atoms with Crippen LogP contribution in [-0.4, -0.2) is 10.0 Å². The van der Waals surface area contributed by atoms with Gasteiger partial charge in [-0.15, -0.1) is 0 Å². The van der Waals surface area contributed by atoms with E-state index < -0.39 is 32.9 Å². The first-order chi connectivity index (χ1) is 5.95. The second-order valence-corrected chi connectivity index (χ2v) is 2.62. The molecule has 1 rings (SSSR count). The number of halogens is 2. The molecule has 0 fully saturated rings. The van der Waals surface area contributed by atoms with Crippen molar-refractivity contribution in [2.45, 2.75) is 0 Å². The van der Waals surface area contributed by atoms with Crippen molar-refractivity contribution in [3.05, 3.63) is 27.0 Å². The van der Waals surface area contributed by atoms with Gasteiger partial charge in [0.25, 0.3) is 0 Å². The Morgan fingerprint density at radius 2 is 2.23 bits per heavy atom. The summed E-state index contributed by atoms with van der Waals surface area (Å²) >= 11 is 5.30. The lowest BCUT2D eigenvalue weighted by atomic mass is 10.2. The summed E-state index contributed by atoms with van der Waals surface area (Å²) in [5.74, 6) is -1.94. The molecule has 70 valence electrons. The van der Waals surface area contributed by atoms with Crippen LogP contribution in [0.5, 0.6) is 5.75 Å². The molecule has 0 aliphatic rings. The number of aromatic hydroxyl groups is 1. The van der Waals surface area contributed by atoms with E-state index in [9.17, 15) is 14.5 Å². The summed E-state index contributed by atoms with van der Waals surface area (Å²) in [6.07, 6.45) is 0. The maximum atomic E-state index is 12.7. The summed E-state index contributed by atoms with van der Waals surface area (Å²) < 4.78 is 12.7. The van der Waals surface area contributed by atoms with Crippen LogP contribution in [0, 0.1) is 15.9 Å². The zero-order chi connectivity index (χ0) is 10.2. The van der Waals surface area contributed by atoms with Crippen molar-refractivity contribution in [3.8, 4) is 5.75 Å². The molecule has 0 saturated carbocycles. The number of hydrogen-bond donors (Lipinski definition) is 2. The van der Waals surface area contributed by atoms with Crippen molar-refractivity contribution in [2.24, 2.45) is 0 Å². The zero-order valence-electron chi connectivity index (χ0n) is 6.12. The highest BCUT2D eigenvalue weighted by Gasteiger charge is 2.23. The van der Waals surface area contributed by atoms with Gasteiger partial charge in [-0.05, 0) is 0 Å². The number of nitrogens with two attached hydrogens (primary N) is 1. The van der Waals surface area contributed by atoms with Gasteiger partial charge in [-0.25, -0.2) is 4.39 Å². The van der Waals surface area contributed by atoms with Crippen molar-refractivity contribution in [3.63, 3.8) is 0 Å². The highest BCUT2D eigenvalue weighted by molar-refractivity contribution is 6.33. The first-order valence-corrected chi connectivity index (χ1v) is 3.43. The van der Waals surface area contributed by atoms with Gasteiger partial charge in [0.05, 0.1) is 4.92 Å². The highest BCUT2D eigenvalue weighted by atomic mass is 35.5. The van der Waals surface area contributed by atoms with Crippen LogP contribution in [0.2, 0.25) is 5.02 Å². The van der Waals surface area contributed by atoms with E-state index in [0.717, 1.165) is 0 Å². The predicted molar refractivity (Wildman–Crippen MR) is 44.1 cm³/mol. The molecule has 1 aromatic carbocycles. The van der Waals surface area contributed by atoms with Crippen LogP contribution in [-0.2, 0) is 0 Å². The minimum absolute atomic E-state index is 0.491. The predicted octanol–water partition coefficient (Wildman–Crippen LogP) is 1.68. The monoisotopic (exact) mass is 206 g/mol. The fourth-order valence-electron chi connectivity index (χ4n) is 0.785. The van der Waals surface area contributed by atoms with Gasteiger partial charge in [0.15, 0.2) is 5.82 Å². The van der Waals surface area contributed by atoms with Gasteiger partial charge in [0.2, 0.25) is 5.75 Å². The smallest absolute Gasteiger partial charge is 0.331 e. The number of nitrogen functional groups attached to an aromatic ring is 1. The van der Waals surface area contributed by atoms with E-state index in [-0.39, 0.29) is 0 Å². The molecule has 0 aliphatic heterocycles. The third kappa shape index (κ3) is 1.48. The second-order valence-electron chi connectivity index (χ2n) is 2.21. The molecular formula is C6H4ClFN2O3. The van der Waals surface area contributed by atoms with E-state index in [1.54, 1.807) is 0 Å². The summed E-state index contributed by atoms with van der Waals surface area (Å²) in [5.41, 5.74) is 3.53. The summed E-state index contributed by atoms with van der Waals surface area (Å²) in [6, 6.07) is 0.675. The number of rotatable bonds is 1. The van der Waals surface area contributed by atoms with Crippen LogP contribution >= 0.6 is 11.6 Å². The minimum atomic E-state index is -0.992. The molecule has 0 aliphatic carbocycles. The molecule has 0 bridgehead atoms. The molecule has 1 aromatic rings. The summed E-state index contributed by atoms with van der Waals surface area (Å²) in [7, 11) is 0. The third-order valence-electron chi connectivity index (χ3n) is 1.40. The van der Waals surface area contributed by atoms with Gasteiger partial charge < -0.3 is 10.8 Å². The van der Waals surface area contributed by atoms with Crippen molar-refractivity contribution < 1.29 is 14.4 Å². The molecule has 0 saturated heterocycles. The van der Waals surface area contributed by atoms with Crippen molar-refractivity contribution in [1.29, 1.82) is 0 Å². The first kappa shape index (κ1) is 9.53. The number of phenolic OH excluding ortho intramolecular Hbond substituents is 1. The number of anilines is 1. The largest absolute Gasteiger partial charge is 0.501 e. The van der Waals surface area contributed by atoms with E-state index in [1.165, 1.54) is 0 Å². The lowest BCUT2D eigenvalue weighted by molar-refractivity contribution is -0.385. The third-order valence-corrected chi connectivity index (χ3v) is 1.69. The highest BCUT2D eigenvalue weighted by Crippen LogP contribution is 2.39. The van der Waals surface area contributed by atoms with Crippen molar-refractivity contribution in [1.82, 2.24) is 0 Å². The van der Waals surface area contributed by atoms with E-state index >= 15 is 0 Å². The van der Waals surface area contributed by atoms with Gasteiger partial charge in [-0.1, -0.05) is 11.6 Å². The van der Waals surface area contributed by atoms with Crippen LogP contribution in [0.25, 0.3) is 0 Å². The van der Waals surface area contributed by atoms with Crippen LogP contribution in [0.1, 0.15) is 0 Å². The van der Waals surface area contributed by atoms with Gasteiger partial charge in [-0.3, -0.25) is 10.1 Å². The maximum absolute atomic E-state index is 12.7. The van der Waals surface area contributed by atoms with Gasteiger partial charge in [0.1, 0.15) is 10.7 Å². The zero-order valence-corrected chi connectivity index (χ0v) is 6.88. The van der Waals surface area contributed by atoms with Gasteiger partial charge in [0, 0.05) is 6.07 Å². The first-order valence-electron chi connectivity index (χ1n) is 3.06. The molecule has 0 spiro atoms. The molecular weight excluding hydrogens is 203 g/mol. The Hall–Kier alpha value is -1.56. The number of benzene rings is 1. The minimum Gasteiger partial charge on any atom is -0.501 e. The molecule has 13 heavy (non-hydrogen) atoms. The molecule has 3 N–H and O–H groups in total. The Labute approximate surface area is 76.7 Å². The SMILES string of the molecule is Nc1c(F)cc(Cl)c([N+](=O)[O-])c1O. The standard InChI is InChI=1S/C6H4ClFN2O3/c7-2-1-3(8)4(9)6(11)5(2)10(12)13/h1,11H,9H2. The molecule has 0 unspecified atom stereocenters. The number of nitro groups is 1. The average molecular weight is 207 g/mol. The van der Waals surface area contributed by atoms with E-state index in [1.807, 2.05) is 0 Å². The Kier molecular flexibility index (Phi) is 2.24. The Bertz CT molecular complexity index is 383. The quantitative estimate of drug-likeness (QED) is 0.317. The Morgan fingerprint density at radius 1 is 1.69 bits per heavy atom. The number of hydrogen-bond acceptors (Lipinski definition) is 4. The molecule has 5 nitrogen and oxygen atoms in total. The summed E-state index contributed by atoms with van der Waals surface area (Å²) in [6.45, 7) is 0. The van der Waals surface area contributed by atoms with Crippen LogP contribution in [0.15, 0.2) is 6.07 Å². The second kappa shape index (κ2) is 3.06. The lowest BCUT2D eigenvalue weighted by Gasteiger charge is -2.02. The van der Waals surface area contributed by atoms with Crippen molar-refractivity contribution >= 4 is 23.0 Å². The van der Waals surface area contributed by atoms with Crippen LogP contribution in [0.4, 0.5) is 15.8 Å². The molecule has 7 heteroatoms.